The molecule has 4 rings (SSSR count). The van der Waals surface area contributed by atoms with Crippen LogP contribution in [0.25, 0.3) is 0 Å². The molecular weight excluding hydrogens is 280 g/mol. The first-order chi connectivity index (χ1) is 11.4. The van der Waals surface area contributed by atoms with Crippen molar-refractivity contribution >= 4 is 17.1 Å². The van der Waals surface area contributed by atoms with Gasteiger partial charge in [0.1, 0.15) is 0 Å². The van der Waals surface area contributed by atoms with Crippen molar-refractivity contribution in [3.63, 3.8) is 0 Å². The fraction of sp³-hybridized carbons (Fsp3) is 0.0952. The van der Waals surface area contributed by atoms with Crippen molar-refractivity contribution in [2.75, 3.05) is 5.01 Å². The van der Waals surface area contributed by atoms with E-state index in [4.69, 9.17) is 5.10 Å². The summed E-state index contributed by atoms with van der Waals surface area (Å²) in [5.41, 5.74) is 6.00. The average Bonchev–Trinajstić information content (AvgIpc) is 3.04. The lowest BCUT2D eigenvalue weighted by molar-refractivity contribution is 1.04. The molecule has 0 amide bonds. The Kier molecular flexibility index (Phi) is 3.65. The largest absolute Gasteiger partial charge is 0.233 e. The lowest BCUT2D eigenvalue weighted by Gasteiger charge is -2.20. The molecule has 112 valence electrons. The maximum absolute atomic E-state index is 5.01. The molecule has 1 aliphatic carbocycles. The molecule has 0 heterocycles. The summed E-state index contributed by atoms with van der Waals surface area (Å²) in [6, 6.07) is 29.2. The van der Waals surface area contributed by atoms with E-state index in [2.05, 4.69) is 48.5 Å². The standard InChI is InChI=1S/C21H18N2/c1-3-10-18(11-4-1)23(19-12-5-2-6-13-19)22-21-16-15-17-9-7-8-14-20(17)21/h1-14H,15-16H2. The molecule has 0 fully saturated rings. The molecule has 0 aliphatic heterocycles. The third-order valence-corrected chi connectivity index (χ3v) is 4.18. The van der Waals surface area contributed by atoms with Crippen molar-refractivity contribution in [2.45, 2.75) is 12.8 Å². The second kappa shape index (κ2) is 6.09. The van der Waals surface area contributed by atoms with Gasteiger partial charge in [-0.05, 0) is 42.7 Å². The quantitative estimate of drug-likeness (QED) is 0.609. The van der Waals surface area contributed by atoms with Crippen LogP contribution in [0.1, 0.15) is 17.5 Å². The maximum atomic E-state index is 5.01. The molecular formula is C21H18N2. The first-order valence-electron chi connectivity index (χ1n) is 7.98. The van der Waals surface area contributed by atoms with Gasteiger partial charge in [0, 0.05) is 5.56 Å². The third-order valence-electron chi connectivity index (χ3n) is 4.18. The number of fused-ring (bicyclic) bond motifs is 1. The van der Waals surface area contributed by atoms with Crippen LogP contribution in [0.5, 0.6) is 0 Å². The summed E-state index contributed by atoms with van der Waals surface area (Å²) in [5, 5.41) is 7.05. The highest BCUT2D eigenvalue weighted by Gasteiger charge is 2.19. The van der Waals surface area contributed by atoms with Gasteiger partial charge >= 0.3 is 0 Å². The number of anilines is 2. The van der Waals surface area contributed by atoms with E-state index in [9.17, 15) is 0 Å². The van der Waals surface area contributed by atoms with Gasteiger partial charge in [0.05, 0.1) is 17.1 Å². The smallest absolute Gasteiger partial charge is 0.0692 e. The number of rotatable bonds is 3. The van der Waals surface area contributed by atoms with Gasteiger partial charge in [-0.15, -0.1) is 0 Å². The number of aryl methyl sites for hydroxylation is 1. The summed E-state index contributed by atoms with van der Waals surface area (Å²) in [7, 11) is 0. The Morgan fingerprint density at radius 2 is 1.17 bits per heavy atom. The molecule has 0 aromatic heterocycles. The van der Waals surface area contributed by atoms with Gasteiger partial charge in [-0.3, -0.25) is 0 Å². The van der Waals surface area contributed by atoms with Gasteiger partial charge in [-0.25, -0.2) is 5.01 Å². The predicted octanol–water partition coefficient (Wildman–Crippen LogP) is 5.18. The SMILES string of the molecule is c1ccc(N(N=C2CCc3ccccc32)c2ccccc2)cc1. The molecule has 0 atom stereocenters. The van der Waals surface area contributed by atoms with Crippen molar-refractivity contribution in [3.8, 4) is 0 Å². The fourth-order valence-electron chi connectivity index (χ4n) is 3.04. The van der Waals surface area contributed by atoms with Gasteiger partial charge < -0.3 is 0 Å². The zero-order chi connectivity index (χ0) is 15.5. The Labute approximate surface area is 136 Å². The molecule has 0 radical (unpaired) electrons. The Balaban J connectivity index is 1.80. The third kappa shape index (κ3) is 2.76. The number of benzene rings is 3. The van der Waals surface area contributed by atoms with E-state index in [1.54, 1.807) is 0 Å². The second-order valence-electron chi connectivity index (χ2n) is 5.69. The van der Waals surface area contributed by atoms with Crippen LogP contribution >= 0.6 is 0 Å². The van der Waals surface area contributed by atoms with Crippen LogP contribution in [0, 0.1) is 0 Å². The topological polar surface area (TPSA) is 15.6 Å². The molecule has 23 heavy (non-hydrogen) atoms. The van der Waals surface area contributed by atoms with E-state index in [0.717, 1.165) is 29.9 Å². The lowest BCUT2D eigenvalue weighted by Crippen LogP contribution is -2.12. The Morgan fingerprint density at radius 1 is 0.609 bits per heavy atom. The summed E-state index contributed by atoms with van der Waals surface area (Å²) in [6.07, 6.45) is 2.07. The molecule has 1 aliphatic rings. The normalized spacial score (nSPS) is 14.7. The van der Waals surface area contributed by atoms with E-state index in [1.807, 2.05) is 41.4 Å². The zero-order valence-corrected chi connectivity index (χ0v) is 12.9. The molecule has 0 N–H and O–H groups in total. The van der Waals surface area contributed by atoms with E-state index < -0.39 is 0 Å². The van der Waals surface area contributed by atoms with Crippen LogP contribution in [0.2, 0.25) is 0 Å². The van der Waals surface area contributed by atoms with Crippen LogP contribution in [0.15, 0.2) is 90.0 Å². The van der Waals surface area contributed by atoms with Crippen molar-refractivity contribution in [3.05, 3.63) is 96.1 Å². The highest BCUT2D eigenvalue weighted by Crippen LogP contribution is 2.29. The predicted molar refractivity (Wildman–Crippen MR) is 96.3 cm³/mol. The van der Waals surface area contributed by atoms with Crippen LogP contribution in [0.3, 0.4) is 0 Å². The van der Waals surface area contributed by atoms with E-state index >= 15 is 0 Å². The molecule has 0 spiro atoms. The van der Waals surface area contributed by atoms with Crippen molar-refractivity contribution in [1.29, 1.82) is 0 Å². The average molecular weight is 298 g/mol. The Bertz CT molecular complexity index is 783. The summed E-state index contributed by atoms with van der Waals surface area (Å²) < 4.78 is 0. The lowest BCUT2D eigenvalue weighted by atomic mass is 10.1. The molecule has 2 nitrogen and oxygen atoms in total. The van der Waals surface area contributed by atoms with Crippen molar-refractivity contribution < 1.29 is 0 Å². The molecule has 0 bridgehead atoms. The van der Waals surface area contributed by atoms with E-state index in [0.29, 0.717) is 0 Å². The molecule has 0 saturated carbocycles. The van der Waals surface area contributed by atoms with Gasteiger partial charge in [0.2, 0.25) is 0 Å². The maximum Gasteiger partial charge on any atom is 0.0692 e. The molecule has 2 heteroatoms. The minimum Gasteiger partial charge on any atom is -0.233 e. The minimum atomic E-state index is 0.996. The summed E-state index contributed by atoms with van der Waals surface area (Å²) >= 11 is 0. The molecule has 0 saturated heterocycles. The fourth-order valence-corrected chi connectivity index (χ4v) is 3.04. The first-order valence-corrected chi connectivity index (χ1v) is 7.98. The summed E-state index contributed by atoms with van der Waals surface area (Å²) in [6.45, 7) is 0. The summed E-state index contributed by atoms with van der Waals surface area (Å²) in [4.78, 5) is 0. The van der Waals surface area contributed by atoms with Crippen molar-refractivity contribution in [1.82, 2.24) is 0 Å². The minimum absolute atomic E-state index is 0.996. The van der Waals surface area contributed by atoms with Crippen LogP contribution in [0.4, 0.5) is 11.4 Å². The zero-order valence-electron chi connectivity index (χ0n) is 12.9. The number of para-hydroxylation sites is 2. The first kappa shape index (κ1) is 13.8. The highest BCUT2D eigenvalue weighted by atomic mass is 15.5. The van der Waals surface area contributed by atoms with Gasteiger partial charge in [0.15, 0.2) is 0 Å². The van der Waals surface area contributed by atoms with Crippen LogP contribution in [-0.4, -0.2) is 5.71 Å². The van der Waals surface area contributed by atoms with E-state index in [1.165, 1.54) is 11.1 Å². The number of hydrogen-bond acceptors (Lipinski definition) is 2. The van der Waals surface area contributed by atoms with E-state index in [-0.39, 0.29) is 0 Å². The number of nitrogens with zero attached hydrogens (tertiary/aromatic N) is 2. The van der Waals surface area contributed by atoms with Crippen LogP contribution in [-0.2, 0) is 6.42 Å². The number of hydrazone groups is 1. The van der Waals surface area contributed by atoms with Gasteiger partial charge in [-0.1, -0.05) is 60.7 Å². The molecule has 3 aromatic carbocycles. The van der Waals surface area contributed by atoms with Crippen LogP contribution < -0.4 is 5.01 Å². The highest BCUT2D eigenvalue weighted by molar-refractivity contribution is 6.05. The van der Waals surface area contributed by atoms with Gasteiger partial charge in [-0.2, -0.15) is 5.10 Å². The molecule has 3 aromatic rings. The summed E-state index contributed by atoms with van der Waals surface area (Å²) in [5.74, 6) is 0. The Morgan fingerprint density at radius 3 is 1.83 bits per heavy atom. The monoisotopic (exact) mass is 298 g/mol. The number of hydrogen-bond donors (Lipinski definition) is 0. The Hall–Kier alpha value is -2.87. The van der Waals surface area contributed by atoms with Crippen molar-refractivity contribution in [2.24, 2.45) is 5.10 Å². The van der Waals surface area contributed by atoms with Gasteiger partial charge in [0.25, 0.3) is 0 Å². The molecule has 0 unspecified atom stereocenters. The second-order valence-corrected chi connectivity index (χ2v) is 5.69.